The third-order valence-electron chi connectivity index (χ3n) is 7.65. The average Bonchev–Trinajstić information content (AvgIpc) is 3.00. The molecule has 3 aromatic carbocycles. The molecule has 2 amide bonds. The van der Waals surface area contributed by atoms with Crippen molar-refractivity contribution in [2.24, 2.45) is 5.73 Å². The molecule has 4 aromatic rings. The van der Waals surface area contributed by atoms with Crippen molar-refractivity contribution in [3.63, 3.8) is 0 Å². The highest BCUT2D eigenvalue weighted by molar-refractivity contribution is 6.09. The van der Waals surface area contributed by atoms with E-state index in [1.165, 1.54) is 0 Å². The summed E-state index contributed by atoms with van der Waals surface area (Å²) in [5.41, 5.74) is 10.9. The first-order valence-electron chi connectivity index (χ1n) is 14.1. The lowest BCUT2D eigenvalue weighted by atomic mass is 9.94. The van der Waals surface area contributed by atoms with Crippen LogP contribution >= 0.6 is 0 Å². The Bertz CT molecular complexity index is 1450. The molecular formula is C33H37N5O2. The number of amides is 2. The van der Waals surface area contributed by atoms with Crippen molar-refractivity contribution in [1.29, 1.82) is 0 Å². The predicted octanol–water partition coefficient (Wildman–Crippen LogP) is 4.78. The minimum absolute atomic E-state index is 0.0988. The van der Waals surface area contributed by atoms with E-state index < -0.39 is 0 Å². The van der Waals surface area contributed by atoms with Gasteiger partial charge in [0.2, 0.25) is 5.91 Å². The van der Waals surface area contributed by atoms with E-state index in [0.717, 1.165) is 52.8 Å². The van der Waals surface area contributed by atoms with Gasteiger partial charge in [-0.15, -0.1) is 0 Å². The molecule has 1 saturated heterocycles. The van der Waals surface area contributed by atoms with Crippen LogP contribution in [0.3, 0.4) is 0 Å². The number of fused-ring (bicyclic) bond motifs is 1. The summed E-state index contributed by atoms with van der Waals surface area (Å²) >= 11 is 0. The summed E-state index contributed by atoms with van der Waals surface area (Å²) < 4.78 is 0. The second-order valence-corrected chi connectivity index (χ2v) is 10.2. The Labute approximate surface area is 236 Å². The number of nitrogens with one attached hydrogen (secondary N) is 1. The molecule has 7 heteroatoms. The van der Waals surface area contributed by atoms with Gasteiger partial charge in [-0.3, -0.25) is 14.5 Å². The van der Waals surface area contributed by atoms with Crippen molar-refractivity contribution < 1.29 is 9.59 Å². The van der Waals surface area contributed by atoms with Crippen molar-refractivity contribution in [2.45, 2.75) is 32.4 Å². The van der Waals surface area contributed by atoms with Crippen LogP contribution in [0.25, 0.3) is 22.2 Å². The molecule has 1 aromatic heterocycles. The summed E-state index contributed by atoms with van der Waals surface area (Å²) in [6.07, 6.45) is 1.15. The number of rotatable bonds is 9. The molecule has 0 aliphatic carbocycles. The summed E-state index contributed by atoms with van der Waals surface area (Å²) in [6, 6.07) is 28.0. The Balaban J connectivity index is 1.55. The Hall–Kier alpha value is -4.07. The molecule has 1 aliphatic heterocycles. The Morgan fingerprint density at radius 3 is 2.23 bits per heavy atom. The third kappa shape index (κ3) is 6.06. The lowest BCUT2D eigenvalue weighted by Crippen LogP contribution is -2.48. The van der Waals surface area contributed by atoms with Crippen LogP contribution in [0.4, 0.5) is 0 Å². The number of nitrogens with two attached hydrogens (primary N) is 1. The van der Waals surface area contributed by atoms with E-state index in [1.54, 1.807) is 0 Å². The monoisotopic (exact) mass is 535 g/mol. The predicted molar refractivity (Wildman–Crippen MR) is 160 cm³/mol. The van der Waals surface area contributed by atoms with Gasteiger partial charge in [-0.25, -0.2) is 4.98 Å². The number of nitrogens with zero attached hydrogens (tertiary/aromatic N) is 3. The molecular weight excluding hydrogens is 498 g/mol. The molecule has 0 saturated carbocycles. The molecule has 0 radical (unpaired) electrons. The van der Waals surface area contributed by atoms with Crippen LogP contribution in [0.1, 0.15) is 47.3 Å². The van der Waals surface area contributed by atoms with Crippen LogP contribution in [-0.2, 0) is 11.3 Å². The van der Waals surface area contributed by atoms with Gasteiger partial charge in [-0.05, 0) is 18.1 Å². The van der Waals surface area contributed by atoms with E-state index >= 15 is 0 Å². The molecule has 1 unspecified atom stereocenters. The topological polar surface area (TPSA) is 91.6 Å². The van der Waals surface area contributed by atoms with Gasteiger partial charge in [-0.2, -0.15) is 0 Å². The van der Waals surface area contributed by atoms with Crippen LogP contribution in [-0.4, -0.2) is 59.3 Å². The molecule has 0 bridgehead atoms. The van der Waals surface area contributed by atoms with E-state index in [0.29, 0.717) is 38.2 Å². The lowest BCUT2D eigenvalue weighted by Gasteiger charge is -2.35. The summed E-state index contributed by atoms with van der Waals surface area (Å²) in [6.45, 7) is 5.75. The normalized spacial score (nSPS) is 14.7. The quantitative estimate of drug-likeness (QED) is 0.322. The Morgan fingerprint density at radius 2 is 1.55 bits per heavy atom. The first-order valence-corrected chi connectivity index (χ1v) is 14.1. The SMILES string of the molecule is CCC(NC(=O)c1c(CN2CCN(C(=O)CCN)CC2)c(-c2ccccc2)nc2ccccc12)c1ccccc1. The smallest absolute Gasteiger partial charge is 0.252 e. The standard InChI is InChI=1S/C33H37N5O2/c1-2-28(24-11-5-3-6-12-24)36-33(40)31-26-15-9-10-16-29(26)35-32(25-13-7-4-8-14-25)27(31)23-37-19-21-38(22-20-37)30(39)17-18-34/h3-16,28H,2,17-23,34H2,1H3,(H,36,40). The number of carbonyl (C=O) groups is 2. The molecule has 1 aliphatic rings. The van der Waals surface area contributed by atoms with Gasteiger partial charge in [0.25, 0.3) is 5.91 Å². The number of pyridine rings is 1. The van der Waals surface area contributed by atoms with Crippen LogP contribution in [0.2, 0.25) is 0 Å². The average molecular weight is 536 g/mol. The Kier molecular flexibility index (Phi) is 8.84. The largest absolute Gasteiger partial charge is 0.345 e. The second-order valence-electron chi connectivity index (χ2n) is 10.2. The molecule has 2 heterocycles. The number of hydrogen-bond donors (Lipinski definition) is 2. The first kappa shape index (κ1) is 27.5. The molecule has 1 atom stereocenters. The second kappa shape index (κ2) is 12.9. The molecule has 3 N–H and O–H groups in total. The highest BCUT2D eigenvalue weighted by atomic mass is 16.2. The molecule has 206 valence electrons. The minimum atomic E-state index is -0.106. The van der Waals surface area contributed by atoms with Crippen molar-refractivity contribution in [3.05, 3.63) is 102 Å². The van der Waals surface area contributed by atoms with Crippen molar-refractivity contribution in [3.8, 4) is 11.3 Å². The van der Waals surface area contributed by atoms with Crippen molar-refractivity contribution in [2.75, 3.05) is 32.7 Å². The highest BCUT2D eigenvalue weighted by Crippen LogP contribution is 2.32. The van der Waals surface area contributed by atoms with Crippen LogP contribution in [0, 0.1) is 0 Å². The summed E-state index contributed by atoms with van der Waals surface area (Å²) in [4.78, 5) is 35.9. The molecule has 0 spiro atoms. The molecule has 40 heavy (non-hydrogen) atoms. The first-order chi connectivity index (χ1) is 19.6. The fourth-order valence-electron chi connectivity index (χ4n) is 5.50. The fourth-order valence-corrected chi connectivity index (χ4v) is 5.50. The third-order valence-corrected chi connectivity index (χ3v) is 7.65. The summed E-state index contributed by atoms with van der Waals surface area (Å²) in [7, 11) is 0. The zero-order chi connectivity index (χ0) is 27.9. The van der Waals surface area contributed by atoms with E-state index in [9.17, 15) is 9.59 Å². The van der Waals surface area contributed by atoms with Gasteiger partial charge < -0.3 is 16.0 Å². The van der Waals surface area contributed by atoms with Gasteiger partial charge in [0.05, 0.1) is 22.8 Å². The number of carbonyl (C=O) groups excluding carboxylic acids is 2. The minimum Gasteiger partial charge on any atom is -0.345 e. The van der Waals surface area contributed by atoms with Crippen LogP contribution in [0.5, 0.6) is 0 Å². The van der Waals surface area contributed by atoms with Gasteiger partial charge in [0.1, 0.15) is 0 Å². The van der Waals surface area contributed by atoms with E-state index in [4.69, 9.17) is 10.7 Å². The van der Waals surface area contributed by atoms with Crippen molar-refractivity contribution >= 4 is 22.7 Å². The van der Waals surface area contributed by atoms with E-state index in [2.05, 4.69) is 29.3 Å². The van der Waals surface area contributed by atoms with E-state index in [-0.39, 0.29) is 17.9 Å². The van der Waals surface area contributed by atoms with Crippen molar-refractivity contribution in [1.82, 2.24) is 20.1 Å². The van der Waals surface area contributed by atoms with Crippen LogP contribution < -0.4 is 11.1 Å². The summed E-state index contributed by atoms with van der Waals surface area (Å²) in [5.74, 6) is 0.00401. The Morgan fingerprint density at radius 1 is 0.900 bits per heavy atom. The molecule has 1 fully saturated rings. The maximum Gasteiger partial charge on any atom is 0.252 e. The highest BCUT2D eigenvalue weighted by Gasteiger charge is 2.27. The number of aromatic nitrogens is 1. The van der Waals surface area contributed by atoms with Crippen LogP contribution in [0.15, 0.2) is 84.9 Å². The van der Waals surface area contributed by atoms with Gasteiger partial charge in [0, 0.05) is 62.2 Å². The zero-order valence-corrected chi connectivity index (χ0v) is 23.1. The van der Waals surface area contributed by atoms with E-state index in [1.807, 2.05) is 77.7 Å². The lowest BCUT2D eigenvalue weighted by molar-refractivity contribution is -0.132. The molecule has 7 nitrogen and oxygen atoms in total. The zero-order valence-electron chi connectivity index (χ0n) is 23.1. The number of benzene rings is 3. The summed E-state index contributed by atoms with van der Waals surface area (Å²) in [5, 5.41) is 4.18. The van der Waals surface area contributed by atoms with Gasteiger partial charge in [-0.1, -0.05) is 85.8 Å². The number of hydrogen-bond acceptors (Lipinski definition) is 5. The number of piperazine rings is 1. The maximum absolute atomic E-state index is 14.2. The fraction of sp³-hybridized carbons (Fsp3) is 0.303. The van der Waals surface area contributed by atoms with Gasteiger partial charge >= 0.3 is 0 Å². The maximum atomic E-state index is 14.2. The molecule has 5 rings (SSSR count). The van der Waals surface area contributed by atoms with Gasteiger partial charge in [0.15, 0.2) is 0 Å². The number of para-hydroxylation sites is 1.